The van der Waals surface area contributed by atoms with Crippen LogP contribution in [0.25, 0.3) is 12.2 Å². The molecule has 5 heteroatoms. The summed E-state index contributed by atoms with van der Waals surface area (Å²) in [4.78, 5) is 24.9. The van der Waals surface area contributed by atoms with Gasteiger partial charge in [0.2, 0.25) is 5.91 Å². The van der Waals surface area contributed by atoms with E-state index in [2.05, 4.69) is 10.4 Å². The molecule has 0 aromatic heterocycles. The van der Waals surface area contributed by atoms with Crippen LogP contribution in [0.1, 0.15) is 18.1 Å². The maximum atomic E-state index is 12.8. The molecule has 1 heterocycles. The van der Waals surface area contributed by atoms with E-state index < -0.39 is 0 Å². The average Bonchev–Trinajstić information content (AvgIpc) is 3.08. The van der Waals surface area contributed by atoms with Gasteiger partial charge in [-0.15, -0.1) is 0 Å². The van der Waals surface area contributed by atoms with Crippen molar-refractivity contribution in [1.29, 1.82) is 0 Å². The summed E-state index contributed by atoms with van der Waals surface area (Å²) in [5.41, 5.74) is 4.44. The molecular weight excluding hydrogens is 386 g/mol. The number of nitrogens with one attached hydrogen (secondary N) is 1. The molecule has 0 bridgehead atoms. The quantitative estimate of drug-likeness (QED) is 0.595. The van der Waals surface area contributed by atoms with Gasteiger partial charge in [0.25, 0.3) is 5.91 Å². The third-order valence-electron chi connectivity index (χ3n) is 4.78. The van der Waals surface area contributed by atoms with Crippen molar-refractivity contribution in [2.75, 3.05) is 10.3 Å². The third kappa shape index (κ3) is 4.85. The zero-order valence-electron chi connectivity index (χ0n) is 17.0. The van der Waals surface area contributed by atoms with E-state index in [-0.39, 0.29) is 11.8 Å². The molecule has 0 saturated carbocycles. The lowest BCUT2D eigenvalue weighted by molar-refractivity contribution is -0.114. The molecule has 3 aromatic rings. The van der Waals surface area contributed by atoms with Crippen LogP contribution in [0, 0.1) is 0 Å². The summed E-state index contributed by atoms with van der Waals surface area (Å²) in [5, 5.41) is 8.63. The molecule has 4 rings (SSSR count). The Bertz CT molecular complexity index is 1180. The lowest BCUT2D eigenvalue weighted by atomic mass is 10.1. The Kier molecular flexibility index (Phi) is 5.85. The normalized spacial score (nSPS) is 14.9. The molecule has 0 radical (unpaired) electrons. The standard InChI is InChI=1S/C26H21N3O2/c1-19-24(26(31)29(28-19)23-10-6-3-7-11-23)18-21-12-15-22(16-13-21)27-25(30)17-14-20-8-4-2-5-9-20/h2-18H,1H3,(H,27,30)/b17-14+,24-18-. The number of rotatable bonds is 5. The summed E-state index contributed by atoms with van der Waals surface area (Å²) in [6.07, 6.45) is 5.08. The Morgan fingerprint density at radius 1 is 0.871 bits per heavy atom. The summed E-state index contributed by atoms with van der Waals surface area (Å²) in [6.45, 7) is 1.82. The van der Waals surface area contributed by atoms with Crippen LogP contribution in [-0.2, 0) is 9.59 Å². The van der Waals surface area contributed by atoms with Gasteiger partial charge in [0.05, 0.1) is 17.0 Å². The van der Waals surface area contributed by atoms with Crippen LogP contribution in [0.15, 0.2) is 102 Å². The van der Waals surface area contributed by atoms with Crippen molar-refractivity contribution in [3.63, 3.8) is 0 Å². The summed E-state index contributed by atoms with van der Waals surface area (Å²) >= 11 is 0. The van der Waals surface area contributed by atoms with Crippen molar-refractivity contribution < 1.29 is 9.59 Å². The van der Waals surface area contributed by atoms with Gasteiger partial charge in [0, 0.05) is 11.8 Å². The number of para-hydroxylation sites is 1. The minimum absolute atomic E-state index is 0.160. The highest BCUT2D eigenvalue weighted by Gasteiger charge is 2.28. The molecule has 3 aromatic carbocycles. The molecule has 0 atom stereocenters. The van der Waals surface area contributed by atoms with Crippen LogP contribution >= 0.6 is 0 Å². The summed E-state index contributed by atoms with van der Waals surface area (Å²) in [6, 6.07) is 26.3. The van der Waals surface area contributed by atoms with Crippen molar-refractivity contribution in [2.24, 2.45) is 5.10 Å². The second-order valence-electron chi connectivity index (χ2n) is 7.05. The molecular formula is C26H21N3O2. The second-order valence-corrected chi connectivity index (χ2v) is 7.05. The Balaban J connectivity index is 1.43. The SMILES string of the molecule is CC1=NN(c2ccccc2)C(=O)/C1=C\c1ccc(NC(=O)/C=C/c2ccccc2)cc1. The number of carbonyl (C=O) groups is 2. The lowest BCUT2D eigenvalue weighted by Crippen LogP contribution is -2.21. The molecule has 5 nitrogen and oxygen atoms in total. The van der Waals surface area contributed by atoms with Crippen molar-refractivity contribution in [2.45, 2.75) is 6.92 Å². The molecule has 0 fully saturated rings. The van der Waals surface area contributed by atoms with Gasteiger partial charge >= 0.3 is 0 Å². The second kappa shape index (κ2) is 9.05. The molecule has 2 amide bonds. The van der Waals surface area contributed by atoms with E-state index in [1.807, 2.05) is 97.9 Å². The van der Waals surface area contributed by atoms with Crippen LogP contribution < -0.4 is 10.3 Å². The number of carbonyl (C=O) groups excluding carboxylic acids is 2. The van der Waals surface area contributed by atoms with Gasteiger partial charge in [-0.2, -0.15) is 10.1 Å². The zero-order chi connectivity index (χ0) is 21.6. The predicted octanol–water partition coefficient (Wildman–Crippen LogP) is 5.14. The Hall–Kier alpha value is -4.25. The molecule has 0 saturated heterocycles. The number of hydrogen-bond donors (Lipinski definition) is 1. The highest BCUT2D eigenvalue weighted by atomic mass is 16.2. The lowest BCUT2D eigenvalue weighted by Gasteiger charge is -2.11. The summed E-state index contributed by atoms with van der Waals surface area (Å²) in [5.74, 6) is -0.366. The predicted molar refractivity (Wildman–Crippen MR) is 126 cm³/mol. The molecule has 0 unspecified atom stereocenters. The van der Waals surface area contributed by atoms with Crippen LogP contribution in [0.4, 0.5) is 11.4 Å². The summed E-state index contributed by atoms with van der Waals surface area (Å²) in [7, 11) is 0. The molecule has 152 valence electrons. The first kappa shape index (κ1) is 20.0. The fourth-order valence-electron chi connectivity index (χ4n) is 3.18. The number of hydrazone groups is 1. The number of nitrogens with zero attached hydrogens (tertiary/aromatic N) is 2. The van der Waals surface area contributed by atoms with Gasteiger partial charge in [-0.25, -0.2) is 0 Å². The largest absolute Gasteiger partial charge is 0.323 e. The Morgan fingerprint density at radius 3 is 2.19 bits per heavy atom. The van der Waals surface area contributed by atoms with Crippen molar-refractivity contribution in [3.05, 3.63) is 108 Å². The smallest absolute Gasteiger partial charge is 0.280 e. The van der Waals surface area contributed by atoms with Gasteiger partial charge in [-0.1, -0.05) is 60.7 Å². The Morgan fingerprint density at radius 2 is 1.52 bits per heavy atom. The maximum absolute atomic E-state index is 12.8. The first-order chi connectivity index (χ1) is 15.1. The average molecular weight is 407 g/mol. The molecule has 1 N–H and O–H groups in total. The van der Waals surface area contributed by atoms with Gasteiger partial charge in [-0.3, -0.25) is 9.59 Å². The van der Waals surface area contributed by atoms with E-state index in [9.17, 15) is 9.59 Å². The molecule has 0 aliphatic carbocycles. The molecule has 1 aliphatic heterocycles. The van der Waals surface area contributed by atoms with E-state index in [4.69, 9.17) is 0 Å². The van der Waals surface area contributed by atoms with Gasteiger partial charge < -0.3 is 5.32 Å². The highest BCUT2D eigenvalue weighted by molar-refractivity contribution is 6.32. The highest BCUT2D eigenvalue weighted by Crippen LogP contribution is 2.25. The minimum atomic E-state index is -0.206. The van der Waals surface area contributed by atoms with Crippen LogP contribution in [0.2, 0.25) is 0 Å². The van der Waals surface area contributed by atoms with Crippen LogP contribution in [0.5, 0.6) is 0 Å². The fourth-order valence-corrected chi connectivity index (χ4v) is 3.18. The minimum Gasteiger partial charge on any atom is -0.323 e. The van der Waals surface area contributed by atoms with Crippen molar-refractivity contribution in [1.82, 2.24) is 0 Å². The van der Waals surface area contributed by atoms with Gasteiger partial charge in [-0.05, 0) is 54.5 Å². The number of hydrogen-bond acceptors (Lipinski definition) is 3. The van der Waals surface area contributed by atoms with E-state index in [0.29, 0.717) is 17.0 Å². The van der Waals surface area contributed by atoms with Gasteiger partial charge in [0.1, 0.15) is 0 Å². The van der Waals surface area contributed by atoms with E-state index in [1.54, 1.807) is 6.08 Å². The number of anilines is 2. The zero-order valence-corrected chi connectivity index (χ0v) is 17.0. The first-order valence-electron chi connectivity index (χ1n) is 9.91. The summed E-state index contributed by atoms with van der Waals surface area (Å²) < 4.78 is 0. The Labute approximate surface area is 181 Å². The first-order valence-corrected chi connectivity index (χ1v) is 9.91. The van der Waals surface area contributed by atoms with E-state index in [0.717, 1.165) is 16.8 Å². The molecule has 1 aliphatic rings. The third-order valence-corrected chi connectivity index (χ3v) is 4.78. The van der Waals surface area contributed by atoms with Gasteiger partial charge in [0.15, 0.2) is 0 Å². The number of benzene rings is 3. The van der Waals surface area contributed by atoms with E-state index >= 15 is 0 Å². The van der Waals surface area contributed by atoms with Crippen molar-refractivity contribution in [3.8, 4) is 0 Å². The van der Waals surface area contributed by atoms with Crippen LogP contribution in [-0.4, -0.2) is 17.5 Å². The maximum Gasteiger partial charge on any atom is 0.280 e. The van der Waals surface area contributed by atoms with E-state index in [1.165, 1.54) is 11.1 Å². The monoisotopic (exact) mass is 407 g/mol. The topological polar surface area (TPSA) is 61.8 Å². The van der Waals surface area contributed by atoms with Crippen molar-refractivity contribution >= 4 is 41.1 Å². The molecule has 0 spiro atoms. The van der Waals surface area contributed by atoms with Crippen LogP contribution in [0.3, 0.4) is 0 Å². The molecule has 31 heavy (non-hydrogen) atoms. The fraction of sp³-hybridized carbons (Fsp3) is 0.0385. The number of amides is 2.